The van der Waals surface area contributed by atoms with E-state index in [9.17, 15) is 0 Å². The molecule has 0 aliphatic heterocycles. The van der Waals surface area contributed by atoms with E-state index >= 15 is 0 Å². The van der Waals surface area contributed by atoms with Crippen LogP contribution in [0.3, 0.4) is 0 Å². The lowest BCUT2D eigenvalue weighted by Gasteiger charge is -2.13. The number of fused-ring (bicyclic) bond motifs is 3. The topological polar surface area (TPSA) is 25.8 Å². The molecule has 0 saturated heterocycles. The molecule has 0 amide bonds. The van der Waals surface area contributed by atoms with Crippen LogP contribution in [0.1, 0.15) is 5.56 Å². The Morgan fingerprint density at radius 3 is 1.20 bits per heavy atom. The molecule has 0 fully saturated rings. The molecule has 0 bridgehead atoms. The van der Waals surface area contributed by atoms with Crippen molar-refractivity contribution in [3.05, 3.63) is 164 Å². The van der Waals surface area contributed by atoms with E-state index in [1.165, 1.54) is 27.5 Å². The van der Waals surface area contributed by atoms with Crippen LogP contribution in [0.5, 0.6) is 0 Å². The molecule has 1 aromatic heterocycles. The minimum Gasteiger partial charge on any atom is -0.244 e. The van der Waals surface area contributed by atoms with E-state index in [0.29, 0.717) is 0 Å². The molecular formula is C42H28N2. The quantitative estimate of drug-likeness (QED) is 0.196. The highest BCUT2D eigenvalue weighted by molar-refractivity contribution is 6.04. The third-order valence-corrected chi connectivity index (χ3v) is 8.39. The van der Waals surface area contributed by atoms with E-state index in [1.54, 1.807) is 0 Å². The van der Waals surface area contributed by atoms with E-state index < -0.39 is 0 Å². The van der Waals surface area contributed by atoms with Crippen molar-refractivity contribution in [3.8, 4) is 44.8 Å². The van der Waals surface area contributed by atoms with Gasteiger partial charge in [-0.05, 0) is 73.6 Å². The van der Waals surface area contributed by atoms with Gasteiger partial charge in [-0.25, -0.2) is 9.97 Å². The summed E-state index contributed by atoms with van der Waals surface area (Å²) in [5.74, 6) is 0. The van der Waals surface area contributed by atoms with Gasteiger partial charge in [-0.15, -0.1) is 0 Å². The summed E-state index contributed by atoms with van der Waals surface area (Å²) < 4.78 is 0. The highest BCUT2D eigenvalue weighted by Crippen LogP contribution is 2.35. The number of hydrogen-bond acceptors (Lipinski definition) is 2. The summed E-state index contributed by atoms with van der Waals surface area (Å²) in [6.07, 6.45) is 1.87. The van der Waals surface area contributed by atoms with Crippen LogP contribution in [-0.2, 0) is 0 Å². The third kappa shape index (κ3) is 4.73. The molecule has 8 rings (SSSR count). The number of benzene rings is 7. The van der Waals surface area contributed by atoms with Crippen LogP contribution >= 0.6 is 0 Å². The lowest BCUT2D eigenvalue weighted by atomic mass is 9.97. The molecule has 44 heavy (non-hydrogen) atoms. The fourth-order valence-electron chi connectivity index (χ4n) is 5.98. The molecule has 0 saturated carbocycles. The Morgan fingerprint density at radius 1 is 0.364 bits per heavy atom. The Hall–Kier alpha value is -5.86. The first-order valence-corrected chi connectivity index (χ1v) is 14.9. The number of nitrogens with zero attached hydrogens (tertiary/aromatic N) is 2. The zero-order valence-electron chi connectivity index (χ0n) is 24.1. The average Bonchev–Trinajstić information content (AvgIpc) is 3.10. The second kappa shape index (κ2) is 10.8. The molecule has 2 heteroatoms. The van der Waals surface area contributed by atoms with Gasteiger partial charge in [0.05, 0.1) is 22.4 Å². The first-order valence-electron chi connectivity index (χ1n) is 14.9. The average molecular weight is 561 g/mol. The number of rotatable bonds is 5. The van der Waals surface area contributed by atoms with Crippen molar-refractivity contribution in [1.82, 2.24) is 9.97 Å². The summed E-state index contributed by atoms with van der Waals surface area (Å²) in [6.45, 7) is 3.87. The third-order valence-electron chi connectivity index (χ3n) is 8.39. The molecule has 0 aliphatic carbocycles. The van der Waals surface area contributed by atoms with Crippen LogP contribution < -0.4 is 0 Å². The van der Waals surface area contributed by atoms with Crippen LogP contribution in [0, 0.1) is 0 Å². The van der Waals surface area contributed by atoms with Crippen LogP contribution in [0.25, 0.3) is 83.4 Å². The molecule has 0 unspecified atom stereocenters. The largest absolute Gasteiger partial charge is 0.244 e. The summed E-state index contributed by atoms with van der Waals surface area (Å²) in [5, 5.41) is 4.77. The van der Waals surface area contributed by atoms with Gasteiger partial charge in [0.15, 0.2) is 0 Å². The lowest BCUT2D eigenvalue weighted by Crippen LogP contribution is -1.96. The maximum Gasteiger partial charge on any atom is 0.0973 e. The van der Waals surface area contributed by atoms with Crippen LogP contribution in [0.15, 0.2) is 158 Å². The molecule has 0 radical (unpaired) electrons. The second-order valence-corrected chi connectivity index (χ2v) is 11.2. The molecule has 8 aromatic rings. The van der Waals surface area contributed by atoms with Crippen molar-refractivity contribution in [1.29, 1.82) is 0 Å². The van der Waals surface area contributed by atoms with Gasteiger partial charge in [-0.1, -0.05) is 140 Å². The highest BCUT2D eigenvalue weighted by atomic mass is 14.8. The van der Waals surface area contributed by atoms with E-state index in [2.05, 4.69) is 152 Å². The fraction of sp³-hybridized carbons (Fsp3) is 0. The highest BCUT2D eigenvalue weighted by Gasteiger charge is 2.15. The lowest BCUT2D eigenvalue weighted by molar-refractivity contribution is 1.30. The Balaban J connectivity index is 1.28. The van der Waals surface area contributed by atoms with Gasteiger partial charge in [-0.3, -0.25) is 0 Å². The van der Waals surface area contributed by atoms with Crippen LogP contribution in [0.4, 0.5) is 0 Å². The first kappa shape index (κ1) is 25.8. The van der Waals surface area contributed by atoms with Crippen molar-refractivity contribution < 1.29 is 0 Å². The van der Waals surface area contributed by atoms with E-state index in [4.69, 9.17) is 9.97 Å². The predicted octanol–water partition coefficient (Wildman–Crippen LogP) is 11.2. The molecule has 0 spiro atoms. The number of aromatic nitrogens is 2. The maximum absolute atomic E-state index is 5.28. The molecule has 2 nitrogen and oxygen atoms in total. The molecular weight excluding hydrogens is 532 g/mol. The predicted molar refractivity (Wildman–Crippen MR) is 186 cm³/mol. The van der Waals surface area contributed by atoms with Crippen molar-refractivity contribution in [2.45, 2.75) is 0 Å². The fourth-order valence-corrected chi connectivity index (χ4v) is 5.98. The summed E-state index contributed by atoms with van der Waals surface area (Å²) >= 11 is 0. The van der Waals surface area contributed by atoms with E-state index in [1.807, 2.05) is 12.1 Å². The van der Waals surface area contributed by atoms with Gasteiger partial charge in [0.1, 0.15) is 0 Å². The molecule has 0 atom stereocenters. The Morgan fingerprint density at radius 2 is 0.750 bits per heavy atom. The molecule has 1 heterocycles. The smallest absolute Gasteiger partial charge is 0.0973 e. The Labute approximate surface area is 256 Å². The van der Waals surface area contributed by atoms with Crippen molar-refractivity contribution in [2.24, 2.45) is 0 Å². The molecule has 0 N–H and O–H groups in total. The second-order valence-electron chi connectivity index (χ2n) is 11.2. The Bertz CT molecular complexity index is 2300. The van der Waals surface area contributed by atoms with Gasteiger partial charge >= 0.3 is 0 Å². The summed E-state index contributed by atoms with van der Waals surface area (Å²) in [6, 6.07) is 53.5. The monoisotopic (exact) mass is 560 g/mol. The van der Waals surface area contributed by atoms with Crippen LogP contribution in [-0.4, -0.2) is 9.97 Å². The number of hydrogen-bond donors (Lipinski definition) is 0. The molecule has 0 aliphatic rings. The first-order chi connectivity index (χ1) is 21.7. The van der Waals surface area contributed by atoms with Crippen LogP contribution in [0.2, 0.25) is 0 Å². The van der Waals surface area contributed by atoms with E-state index in [0.717, 1.165) is 55.4 Å². The van der Waals surface area contributed by atoms with Gasteiger partial charge < -0.3 is 0 Å². The van der Waals surface area contributed by atoms with Gasteiger partial charge in [-0.2, -0.15) is 0 Å². The normalized spacial score (nSPS) is 11.3. The van der Waals surface area contributed by atoms with Gasteiger partial charge in [0.25, 0.3) is 0 Å². The van der Waals surface area contributed by atoms with Crippen molar-refractivity contribution in [2.75, 3.05) is 0 Å². The zero-order chi connectivity index (χ0) is 29.5. The summed E-state index contributed by atoms with van der Waals surface area (Å²) in [7, 11) is 0. The summed E-state index contributed by atoms with van der Waals surface area (Å²) in [5.41, 5.74) is 11.4. The van der Waals surface area contributed by atoms with Crippen molar-refractivity contribution in [3.63, 3.8) is 0 Å². The summed E-state index contributed by atoms with van der Waals surface area (Å²) in [4.78, 5) is 10.6. The van der Waals surface area contributed by atoms with Crippen molar-refractivity contribution >= 4 is 38.7 Å². The minimum atomic E-state index is 0.874. The standard InChI is InChI=1S/C42H28N2/c1-2-28-12-14-30(15-13-28)32-18-22-34(23-19-32)42-41(33-20-16-31(17-21-33)29-8-4-3-5-9-29)43-39-26-37-24-35-10-6-7-11-36(35)25-38(37)27-40(39)44-42/h2-27H,1H2. The van der Waals surface area contributed by atoms with E-state index in [-0.39, 0.29) is 0 Å². The maximum atomic E-state index is 5.28. The Kier molecular flexibility index (Phi) is 6.31. The SMILES string of the molecule is C=Cc1ccc(-c2ccc(-c3nc4cc5cc6ccccc6cc5cc4nc3-c3ccc(-c4ccccc4)cc3)cc2)cc1. The minimum absolute atomic E-state index is 0.874. The molecule has 7 aromatic carbocycles. The van der Waals surface area contributed by atoms with Gasteiger partial charge in [0.2, 0.25) is 0 Å². The molecule has 206 valence electrons. The zero-order valence-corrected chi connectivity index (χ0v) is 24.1. The van der Waals surface area contributed by atoms with Gasteiger partial charge in [0, 0.05) is 11.1 Å².